The molecule has 0 aliphatic heterocycles. The van der Waals surface area contributed by atoms with Gasteiger partial charge in [0.25, 0.3) is 0 Å². The second kappa shape index (κ2) is 6.35. The van der Waals surface area contributed by atoms with Crippen molar-refractivity contribution >= 4 is 0 Å². The van der Waals surface area contributed by atoms with E-state index in [4.69, 9.17) is 5.73 Å². The summed E-state index contributed by atoms with van der Waals surface area (Å²) in [6, 6.07) is 4.35. The first-order valence-electron chi connectivity index (χ1n) is 7.21. The van der Waals surface area contributed by atoms with Crippen molar-refractivity contribution in [1.29, 1.82) is 0 Å². The molecule has 3 nitrogen and oxygen atoms in total. The Morgan fingerprint density at radius 3 is 2.33 bits per heavy atom. The van der Waals surface area contributed by atoms with Crippen LogP contribution in [0.3, 0.4) is 0 Å². The van der Waals surface area contributed by atoms with Crippen LogP contribution < -0.4 is 5.73 Å². The van der Waals surface area contributed by atoms with E-state index in [9.17, 15) is 8.78 Å². The van der Waals surface area contributed by atoms with E-state index >= 15 is 0 Å². The molecule has 0 saturated heterocycles. The van der Waals surface area contributed by atoms with E-state index in [1.165, 1.54) is 16.8 Å². The minimum absolute atomic E-state index is 0.0908. The molecule has 1 aromatic carbocycles. The maximum Gasteiger partial charge on any atom is 0.152 e. The van der Waals surface area contributed by atoms with E-state index in [1.54, 1.807) is 12.3 Å². The molecular formula is C16H21F2N3. The van der Waals surface area contributed by atoms with E-state index in [-0.39, 0.29) is 17.6 Å². The van der Waals surface area contributed by atoms with Crippen molar-refractivity contribution in [3.05, 3.63) is 47.3 Å². The highest BCUT2D eigenvalue weighted by Gasteiger charge is 2.16. The smallest absolute Gasteiger partial charge is 0.152 e. The lowest BCUT2D eigenvalue weighted by atomic mass is 10.0. The van der Waals surface area contributed by atoms with Gasteiger partial charge in [-0.05, 0) is 42.5 Å². The first-order valence-corrected chi connectivity index (χ1v) is 7.21. The molecule has 0 spiro atoms. The van der Waals surface area contributed by atoms with Gasteiger partial charge in [-0.3, -0.25) is 0 Å². The number of aromatic nitrogens is 2. The van der Waals surface area contributed by atoms with Gasteiger partial charge >= 0.3 is 0 Å². The summed E-state index contributed by atoms with van der Waals surface area (Å²) in [5.41, 5.74) is 7.05. The average molecular weight is 293 g/mol. The molecule has 1 aromatic heterocycles. The zero-order chi connectivity index (χ0) is 15.6. The van der Waals surface area contributed by atoms with Gasteiger partial charge < -0.3 is 5.73 Å². The van der Waals surface area contributed by atoms with Gasteiger partial charge in [-0.1, -0.05) is 20.8 Å². The standard InChI is InChI=1S/C16H21F2N3/c1-4-12(19)7-11-8-13(17)16(14(18)9-11)21-6-5-15(20-21)10(2)3/h5-6,8-10,12H,4,7,19H2,1-3H3. The molecule has 0 fully saturated rings. The summed E-state index contributed by atoms with van der Waals surface area (Å²) < 4.78 is 29.7. The normalized spacial score (nSPS) is 12.9. The summed E-state index contributed by atoms with van der Waals surface area (Å²) in [5, 5.41) is 4.22. The fourth-order valence-corrected chi connectivity index (χ4v) is 2.17. The highest BCUT2D eigenvalue weighted by atomic mass is 19.1. The molecule has 21 heavy (non-hydrogen) atoms. The quantitative estimate of drug-likeness (QED) is 0.916. The highest BCUT2D eigenvalue weighted by molar-refractivity contribution is 5.38. The molecule has 1 heterocycles. The minimum atomic E-state index is -0.619. The monoisotopic (exact) mass is 293 g/mol. The molecule has 0 aliphatic carbocycles. The van der Waals surface area contributed by atoms with Gasteiger partial charge in [0, 0.05) is 12.2 Å². The molecule has 1 unspecified atom stereocenters. The van der Waals surface area contributed by atoms with E-state index in [2.05, 4.69) is 5.10 Å². The molecule has 114 valence electrons. The van der Waals surface area contributed by atoms with E-state index < -0.39 is 11.6 Å². The van der Waals surface area contributed by atoms with Crippen LogP contribution in [-0.4, -0.2) is 15.8 Å². The van der Waals surface area contributed by atoms with Crippen LogP contribution in [0.1, 0.15) is 44.4 Å². The molecule has 0 radical (unpaired) electrons. The van der Waals surface area contributed by atoms with Gasteiger partial charge in [0.05, 0.1) is 5.69 Å². The van der Waals surface area contributed by atoms with E-state index in [0.717, 1.165) is 12.1 Å². The summed E-state index contributed by atoms with van der Waals surface area (Å²) in [6.45, 7) is 5.91. The third-order valence-electron chi connectivity index (χ3n) is 3.53. The zero-order valence-corrected chi connectivity index (χ0v) is 12.6. The number of rotatable bonds is 5. The van der Waals surface area contributed by atoms with Crippen LogP contribution in [0.5, 0.6) is 0 Å². The number of hydrogen-bond acceptors (Lipinski definition) is 2. The summed E-state index contributed by atoms with van der Waals surface area (Å²) in [5.74, 6) is -1.03. The lowest BCUT2D eigenvalue weighted by Crippen LogP contribution is -2.21. The van der Waals surface area contributed by atoms with Gasteiger partial charge in [-0.25, -0.2) is 13.5 Å². The van der Waals surface area contributed by atoms with E-state index in [1.807, 2.05) is 20.8 Å². The molecule has 0 saturated carbocycles. The second-order valence-electron chi connectivity index (χ2n) is 5.62. The summed E-state index contributed by atoms with van der Waals surface area (Å²) in [4.78, 5) is 0. The van der Waals surface area contributed by atoms with Crippen molar-refractivity contribution in [2.45, 2.75) is 45.6 Å². The van der Waals surface area contributed by atoms with E-state index in [0.29, 0.717) is 12.0 Å². The summed E-state index contributed by atoms with van der Waals surface area (Å²) >= 11 is 0. The van der Waals surface area contributed by atoms with Crippen molar-refractivity contribution in [2.75, 3.05) is 0 Å². The van der Waals surface area contributed by atoms with Crippen LogP contribution in [0.4, 0.5) is 8.78 Å². The molecule has 1 atom stereocenters. The first-order chi connectivity index (χ1) is 9.92. The highest BCUT2D eigenvalue weighted by Crippen LogP contribution is 2.22. The molecule has 2 rings (SSSR count). The SMILES string of the molecule is CCC(N)Cc1cc(F)c(-n2ccc(C(C)C)n2)c(F)c1. The van der Waals surface area contributed by atoms with Crippen molar-refractivity contribution in [1.82, 2.24) is 9.78 Å². The van der Waals surface area contributed by atoms with Crippen molar-refractivity contribution in [2.24, 2.45) is 5.73 Å². The summed E-state index contributed by atoms with van der Waals surface area (Å²) in [6.07, 6.45) is 2.80. The Balaban J connectivity index is 2.36. The molecule has 0 amide bonds. The molecule has 0 bridgehead atoms. The van der Waals surface area contributed by atoms with Crippen molar-refractivity contribution < 1.29 is 8.78 Å². The lowest BCUT2D eigenvalue weighted by molar-refractivity contribution is 0.550. The van der Waals surface area contributed by atoms with Crippen molar-refractivity contribution in [3.8, 4) is 5.69 Å². The van der Waals surface area contributed by atoms with Crippen LogP contribution in [0.25, 0.3) is 5.69 Å². The minimum Gasteiger partial charge on any atom is -0.327 e. The third-order valence-corrected chi connectivity index (χ3v) is 3.53. The second-order valence-corrected chi connectivity index (χ2v) is 5.62. The Hall–Kier alpha value is -1.75. The Labute approximate surface area is 123 Å². The Morgan fingerprint density at radius 1 is 1.24 bits per heavy atom. The predicted octanol–water partition coefficient (Wildman–Crippen LogP) is 3.55. The van der Waals surface area contributed by atoms with Gasteiger partial charge in [0.15, 0.2) is 11.6 Å². The number of halogens is 2. The van der Waals surface area contributed by atoms with Gasteiger partial charge in [0.2, 0.25) is 0 Å². The Kier molecular flexibility index (Phi) is 4.73. The van der Waals surface area contributed by atoms with Gasteiger partial charge in [-0.2, -0.15) is 5.10 Å². The molecule has 5 heteroatoms. The van der Waals surface area contributed by atoms with Crippen LogP contribution in [0.2, 0.25) is 0 Å². The molecule has 2 aromatic rings. The fourth-order valence-electron chi connectivity index (χ4n) is 2.17. The lowest BCUT2D eigenvalue weighted by Gasteiger charge is -2.11. The maximum atomic E-state index is 14.2. The van der Waals surface area contributed by atoms with Crippen molar-refractivity contribution in [3.63, 3.8) is 0 Å². The number of nitrogens with zero attached hydrogens (tertiary/aromatic N) is 2. The Bertz CT molecular complexity index is 597. The molecular weight excluding hydrogens is 272 g/mol. The predicted molar refractivity (Wildman–Crippen MR) is 79.5 cm³/mol. The molecule has 0 aliphatic rings. The molecule has 2 N–H and O–H groups in total. The van der Waals surface area contributed by atoms with Crippen LogP contribution in [-0.2, 0) is 6.42 Å². The first kappa shape index (κ1) is 15.6. The zero-order valence-electron chi connectivity index (χ0n) is 12.6. The third kappa shape index (κ3) is 3.47. The average Bonchev–Trinajstić information content (AvgIpc) is 2.87. The van der Waals surface area contributed by atoms with Gasteiger partial charge in [0.1, 0.15) is 5.69 Å². The largest absolute Gasteiger partial charge is 0.327 e. The van der Waals surface area contributed by atoms with Crippen LogP contribution in [0.15, 0.2) is 24.4 Å². The van der Waals surface area contributed by atoms with Crippen LogP contribution in [0, 0.1) is 11.6 Å². The van der Waals surface area contributed by atoms with Gasteiger partial charge in [-0.15, -0.1) is 0 Å². The maximum absolute atomic E-state index is 14.2. The topological polar surface area (TPSA) is 43.8 Å². The number of nitrogens with two attached hydrogens (primary N) is 1. The Morgan fingerprint density at radius 2 is 1.86 bits per heavy atom. The number of benzene rings is 1. The fraction of sp³-hybridized carbons (Fsp3) is 0.438. The summed E-state index contributed by atoms with van der Waals surface area (Å²) in [7, 11) is 0. The number of hydrogen-bond donors (Lipinski definition) is 1. The van der Waals surface area contributed by atoms with Crippen LogP contribution >= 0.6 is 0 Å².